The van der Waals surface area contributed by atoms with Crippen LogP contribution in [0.5, 0.6) is 0 Å². The molecule has 2 aromatic rings. The van der Waals surface area contributed by atoms with E-state index in [1.807, 2.05) is 24.8 Å². The van der Waals surface area contributed by atoms with Crippen molar-refractivity contribution in [2.45, 2.75) is 32.3 Å². The van der Waals surface area contributed by atoms with E-state index in [4.69, 9.17) is 4.98 Å². The van der Waals surface area contributed by atoms with Gasteiger partial charge in [0.15, 0.2) is 0 Å². The fraction of sp³-hybridized carbons (Fsp3) is 0.409. The molecule has 3 rings (SSSR count). The third-order valence-electron chi connectivity index (χ3n) is 5.07. The molecule has 8 heteroatoms. The number of hydrogen-bond donors (Lipinski definition) is 1. The largest absolute Gasteiger partial charge is 0.353 e. The number of benzene rings is 1. The van der Waals surface area contributed by atoms with Crippen molar-refractivity contribution in [3.63, 3.8) is 0 Å². The van der Waals surface area contributed by atoms with Gasteiger partial charge < -0.3 is 15.1 Å². The SMILES string of the molecule is CCSc1nc(N2CCN(C(C)=O)CC2)cc(C)c1C(=O)NCc1cccc(F)c1. The Morgan fingerprint density at radius 2 is 1.93 bits per heavy atom. The quantitative estimate of drug-likeness (QED) is 0.713. The maximum absolute atomic E-state index is 13.4. The second kappa shape index (κ2) is 9.93. The molecule has 0 spiro atoms. The maximum Gasteiger partial charge on any atom is 0.254 e. The fourth-order valence-electron chi connectivity index (χ4n) is 3.47. The average Bonchev–Trinajstić information content (AvgIpc) is 2.72. The first-order valence-electron chi connectivity index (χ1n) is 10.1. The van der Waals surface area contributed by atoms with Crippen molar-refractivity contribution in [2.75, 3.05) is 36.8 Å². The van der Waals surface area contributed by atoms with Crippen LogP contribution in [0.2, 0.25) is 0 Å². The predicted octanol–water partition coefficient (Wildman–Crippen LogP) is 3.24. The number of halogens is 1. The summed E-state index contributed by atoms with van der Waals surface area (Å²) in [4.78, 5) is 33.2. The highest BCUT2D eigenvalue weighted by molar-refractivity contribution is 7.99. The van der Waals surface area contributed by atoms with Gasteiger partial charge in [0.25, 0.3) is 5.91 Å². The monoisotopic (exact) mass is 430 g/mol. The highest BCUT2D eigenvalue weighted by atomic mass is 32.2. The highest BCUT2D eigenvalue weighted by Crippen LogP contribution is 2.28. The van der Waals surface area contributed by atoms with Gasteiger partial charge in [0.1, 0.15) is 16.7 Å². The van der Waals surface area contributed by atoms with Crippen molar-refractivity contribution in [3.8, 4) is 0 Å². The molecule has 1 N–H and O–H groups in total. The van der Waals surface area contributed by atoms with Gasteiger partial charge in [-0.15, -0.1) is 11.8 Å². The molecule has 6 nitrogen and oxygen atoms in total. The first-order valence-corrected chi connectivity index (χ1v) is 11.0. The second-order valence-electron chi connectivity index (χ2n) is 7.22. The number of hydrogen-bond acceptors (Lipinski definition) is 5. The zero-order chi connectivity index (χ0) is 21.7. The van der Waals surface area contributed by atoms with Crippen molar-refractivity contribution in [3.05, 3.63) is 52.8 Å². The Morgan fingerprint density at radius 1 is 1.20 bits per heavy atom. The molecule has 0 bridgehead atoms. The minimum atomic E-state index is -0.323. The van der Waals surface area contributed by atoms with Crippen LogP contribution in [0.4, 0.5) is 10.2 Å². The number of anilines is 1. The number of piperazine rings is 1. The molecule has 1 aromatic heterocycles. The number of carbonyl (C=O) groups is 2. The number of carbonyl (C=O) groups excluding carboxylic acids is 2. The van der Waals surface area contributed by atoms with Crippen molar-refractivity contribution >= 4 is 29.4 Å². The molecule has 30 heavy (non-hydrogen) atoms. The molecule has 1 aliphatic rings. The summed E-state index contributed by atoms with van der Waals surface area (Å²) in [7, 11) is 0. The molecular formula is C22H27FN4O2S. The molecule has 1 aliphatic heterocycles. The van der Waals surface area contributed by atoms with Crippen molar-refractivity contribution in [1.82, 2.24) is 15.2 Å². The molecule has 1 fully saturated rings. The van der Waals surface area contributed by atoms with Crippen molar-refractivity contribution in [1.29, 1.82) is 0 Å². The van der Waals surface area contributed by atoms with E-state index in [1.165, 1.54) is 23.9 Å². The lowest BCUT2D eigenvalue weighted by Crippen LogP contribution is -2.48. The van der Waals surface area contributed by atoms with Crippen LogP contribution in [0.15, 0.2) is 35.4 Å². The van der Waals surface area contributed by atoms with Crippen LogP contribution in [0.25, 0.3) is 0 Å². The smallest absolute Gasteiger partial charge is 0.254 e. The number of rotatable bonds is 6. The minimum Gasteiger partial charge on any atom is -0.353 e. The van der Waals surface area contributed by atoms with E-state index in [-0.39, 0.29) is 24.2 Å². The molecule has 0 saturated carbocycles. The number of thioether (sulfide) groups is 1. The molecule has 1 saturated heterocycles. The zero-order valence-electron chi connectivity index (χ0n) is 17.6. The average molecular weight is 431 g/mol. The summed E-state index contributed by atoms with van der Waals surface area (Å²) in [5, 5.41) is 3.58. The Labute approximate surface area is 180 Å². The number of pyridine rings is 1. The molecule has 0 radical (unpaired) electrons. The van der Waals surface area contributed by atoms with Gasteiger partial charge in [0.05, 0.1) is 5.56 Å². The van der Waals surface area contributed by atoms with Crippen LogP contribution in [0.3, 0.4) is 0 Å². The first kappa shape index (κ1) is 22.1. The third-order valence-corrected chi connectivity index (χ3v) is 5.93. The zero-order valence-corrected chi connectivity index (χ0v) is 18.4. The second-order valence-corrected chi connectivity index (χ2v) is 8.47. The molecule has 0 atom stereocenters. The van der Waals surface area contributed by atoms with Crippen LogP contribution in [-0.2, 0) is 11.3 Å². The lowest BCUT2D eigenvalue weighted by Gasteiger charge is -2.35. The maximum atomic E-state index is 13.4. The fourth-order valence-corrected chi connectivity index (χ4v) is 4.30. The molecule has 2 amide bonds. The number of aryl methyl sites for hydroxylation is 1. The van der Waals surface area contributed by atoms with E-state index in [0.717, 1.165) is 17.1 Å². The normalized spacial score (nSPS) is 14.0. The van der Waals surface area contributed by atoms with Gasteiger partial charge in [-0.3, -0.25) is 9.59 Å². The van der Waals surface area contributed by atoms with Crippen LogP contribution < -0.4 is 10.2 Å². The van der Waals surface area contributed by atoms with Crippen LogP contribution in [0, 0.1) is 12.7 Å². The van der Waals surface area contributed by atoms with Crippen LogP contribution in [0.1, 0.15) is 35.3 Å². The Hall–Kier alpha value is -2.61. The van der Waals surface area contributed by atoms with E-state index in [2.05, 4.69) is 10.2 Å². The first-order chi connectivity index (χ1) is 14.4. The Kier molecular flexibility index (Phi) is 7.31. The van der Waals surface area contributed by atoms with Crippen LogP contribution in [-0.4, -0.2) is 53.6 Å². The van der Waals surface area contributed by atoms with Gasteiger partial charge in [-0.1, -0.05) is 19.1 Å². The van der Waals surface area contributed by atoms with Crippen LogP contribution >= 0.6 is 11.8 Å². The third kappa shape index (κ3) is 5.30. The number of aromatic nitrogens is 1. The lowest BCUT2D eigenvalue weighted by atomic mass is 10.1. The standard InChI is InChI=1S/C22H27FN4O2S/c1-4-30-22-20(21(29)24-14-17-6-5-7-18(23)13-17)15(2)12-19(25-22)27-10-8-26(9-11-27)16(3)28/h5-7,12-13H,4,8-11,14H2,1-3H3,(H,24,29). The molecule has 160 valence electrons. The minimum absolute atomic E-state index is 0.0892. The predicted molar refractivity (Wildman–Crippen MR) is 117 cm³/mol. The summed E-state index contributed by atoms with van der Waals surface area (Å²) in [6, 6.07) is 8.13. The molecule has 0 aliphatic carbocycles. The van der Waals surface area contributed by atoms with Gasteiger partial charge in [-0.25, -0.2) is 9.37 Å². The summed E-state index contributed by atoms with van der Waals surface area (Å²) in [5.74, 6) is 1.17. The highest BCUT2D eigenvalue weighted by Gasteiger charge is 2.23. The van der Waals surface area contributed by atoms with Gasteiger partial charge in [0, 0.05) is 39.6 Å². The summed E-state index contributed by atoms with van der Waals surface area (Å²) in [6.45, 7) is 8.54. The van der Waals surface area contributed by atoms with E-state index in [0.29, 0.717) is 42.3 Å². The summed E-state index contributed by atoms with van der Waals surface area (Å²) >= 11 is 1.53. The van der Waals surface area contributed by atoms with E-state index < -0.39 is 0 Å². The van der Waals surface area contributed by atoms with E-state index in [9.17, 15) is 14.0 Å². The summed E-state index contributed by atoms with van der Waals surface area (Å²) in [6.07, 6.45) is 0. The molecule has 2 heterocycles. The van der Waals surface area contributed by atoms with Gasteiger partial charge >= 0.3 is 0 Å². The van der Waals surface area contributed by atoms with Crippen molar-refractivity contribution < 1.29 is 14.0 Å². The lowest BCUT2D eigenvalue weighted by molar-refractivity contribution is -0.129. The molecule has 1 aromatic carbocycles. The Morgan fingerprint density at radius 3 is 2.57 bits per heavy atom. The number of nitrogens with one attached hydrogen (secondary N) is 1. The topological polar surface area (TPSA) is 65.5 Å². The van der Waals surface area contributed by atoms with Gasteiger partial charge in [-0.2, -0.15) is 0 Å². The van der Waals surface area contributed by atoms with E-state index >= 15 is 0 Å². The Bertz CT molecular complexity index is 929. The molecular weight excluding hydrogens is 403 g/mol. The number of nitrogens with zero attached hydrogens (tertiary/aromatic N) is 3. The van der Waals surface area contributed by atoms with E-state index in [1.54, 1.807) is 19.1 Å². The summed E-state index contributed by atoms with van der Waals surface area (Å²) < 4.78 is 13.4. The summed E-state index contributed by atoms with van der Waals surface area (Å²) in [5.41, 5.74) is 2.12. The number of amides is 2. The molecule has 0 unspecified atom stereocenters. The van der Waals surface area contributed by atoms with Gasteiger partial charge in [0.2, 0.25) is 5.91 Å². The van der Waals surface area contributed by atoms with Crippen molar-refractivity contribution in [2.24, 2.45) is 0 Å². The van der Waals surface area contributed by atoms with Gasteiger partial charge in [-0.05, 0) is 42.0 Å². The Balaban J connectivity index is 1.77.